The summed E-state index contributed by atoms with van der Waals surface area (Å²) in [6, 6.07) is 16.2. The number of nitrogens with zero attached hydrogens (tertiary/aromatic N) is 1. The van der Waals surface area contributed by atoms with Crippen molar-refractivity contribution in [1.29, 1.82) is 5.26 Å². The van der Waals surface area contributed by atoms with E-state index in [1.165, 1.54) is 11.8 Å². The molecule has 0 aromatic heterocycles. The lowest BCUT2D eigenvalue weighted by Crippen LogP contribution is -2.13. The number of thioether (sulfide) groups is 1. The Morgan fingerprint density at radius 1 is 1.25 bits per heavy atom. The van der Waals surface area contributed by atoms with E-state index in [1.54, 1.807) is 30.3 Å². The van der Waals surface area contributed by atoms with Crippen molar-refractivity contribution in [3.8, 4) is 6.07 Å². The molecule has 0 bridgehead atoms. The minimum Gasteiger partial charge on any atom is -0.325 e. The highest BCUT2D eigenvalue weighted by atomic mass is 35.5. The standard InChI is InChI=1S/C15H11ClN2OS/c16-12-2-1-3-14(8-12)20-10-15(19)18-13-6-4-11(9-17)5-7-13/h1-8H,10H2,(H,18,19). The van der Waals surface area contributed by atoms with Crippen LogP contribution < -0.4 is 5.32 Å². The molecule has 2 aromatic rings. The lowest BCUT2D eigenvalue weighted by molar-refractivity contribution is -0.113. The number of halogens is 1. The number of rotatable bonds is 4. The molecule has 100 valence electrons. The van der Waals surface area contributed by atoms with Crippen molar-refractivity contribution in [3.05, 3.63) is 59.1 Å². The highest BCUT2D eigenvalue weighted by Gasteiger charge is 2.04. The molecule has 0 fully saturated rings. The van der Waals surface area contributed by atoms with Crippen LogP contribution >= 0.6 is 23.4 Å². The molecule has 0 aliphatic carbocycles. The lowest BCUT2D eigenvalue weighted by Gasteiger charge is -2.05. The number of hydrogen-bond acceptors (Lipinski definition) is 3. The van der Waals surface area contributed by atoms with E-state index in [4.69, 9.17) is 16.9 Å². The lowest BCUT2D eigenvalue weighted by atomic mass is 10.2. The van der Waals surface area contributed by atoms with Crippen LogP contribution in [-0.4, -0.2) is 11.7 Å². The van der Waals surface area contributed by atoms with Crippen LogP contribution in [0.2, 0.25) is 5.02 Å². The van der Waals surface area contributed by atoms with Gasteiger partial charge in [0, 0.05) is 15.6 Å². The van der Waals surface area contributed by atoms with Gasteiger partial charge in [0.15, 0.2) is 0 Å². The number of nitriles is 1. The quantitative estimate of drug-likeness (QED) is 0.870. The van der Waals surface area contributed by atoms with Gasteiger partial charge in [0.1, 0.15) is 0 Å². The van der Waals surface area contributed by atoms with Gasteiger partial charge >= 0.3 is 0 Å². The number of benzene rings is 2. The molecule has 0 heterocycles. The van der Waals surface area contributed by atoms with E-state index in [2.05, 4.69) is 5.32 Å². The van der Waals surface area contributed by atoms with Gasteiger partial charge in [0.2, 0.25) is 5.91 Å². The maximum absolute atomic E-state index is 11.8. The zero-order valence-electron chi connectivity index (χ0n) is 10.5. The second-order valence-electron chi connectivity index (χ2n) is 3.98. The molecule has 3 nitrogen and oxygen atoms in total. The van der Waals surface area contributed by atoms with Gasteiger partial charge in [-0.2, -0.15) is 5.26 Å². The third-order valence-corrected chi connectivity index (χ3v) is 3.69. The first-order chi connectivity index (χ1) is 9.67. The summed E-state index contributed by atoms with van der Waals surface area (Å²) in [5.41, 5.74) is 1.25. The SMILES string of the molecule is N#Cc1ccc(NC(=O)CSc2cccc(Cl)c2)cc1. The average molecular weight is 303 g/mol. The summed E-state index contributed by atoms with van der Waals surface area (Å²) < 4.78 is 0. The molecule has 0 unspecified atom stereocenters. The van der Waals surface area contributed by atoms with Gasteiger partial charge in [-0.3, -0.25) is 4.79 Å². The molecule has 0 radical (unpaired) electrons. The molecule has 0 aliphatic rings. The first-order valence-electron chi connectivity index (χ1n) is 5.86. The van der Waals surface area contributed by atoms with Gasteiger partial charge in [-0.1, -0.05) is 17.7 Å². The van der Waals surface area contributed by atoms with Crippen molar-refractivity contribution in [2.24, 2.45) is 0 Å². The molecule has 2 rings (SSSR count). The number of nitrogens with one attached hydrogen (secondary N) is 1. The fraction of sp³-hybridized carbons (Fsp3) is 0.0667. The normalized spacial score (nSPS) is 9.80. The van der Waals surface area contributed by atoms with Crippen molar-refractivity contribution in [2.45, 2.75) is 4.90 Å². The van der Waals surface area contributed by atoms with E-state index in [0.717, 1.165) is 4.90 Å². The van der Waals surface area contributed by atoms with Gasteiger partial charge in [0.25, 0.3) is 0 Å². The number of carbonyl (C=O) groups excluding carboxylic acids is 1. The number of anilines is 1. The highest BCUT2D eigenvalue weighted by molar-refractivity contribution is 8.00. The second kappa shape index (κ2) is 6.99. The van der Waals surface area contributed by atoms with E-state index < -0.39 is 0 Å². The van der Waals surface area contributed by atoms with E-state index in [9.17, 15) is 4.79 Å². The topological polar surface area (TPSA) is 52.9 Å². The molecule has 0 saturated heterocycles. The molecule has 0 aliphatic heterocycles. The van der Waals surface area contributed by atoms with Gasteiger partial charge in [-0.15, -0.1) is 11.8 Å². The smallest absolute Gasteiger partial charge is 0.234 e. The Morgan fingerprint density at radius 3 is 2.65 bits per heavy atom. The highest BCUT2D eigenvalue weighted by Crippen LogP contribution is 2.21. The van der Waals surface area contributed by atoms with Gasteiger partial charge in [0.05, 0.1) is 17.4 Å². The molecule has 1 amide bonds. The third kappa shape index (κ3) is 4.30. The Morgan fingerprint density at radius 2 is 2.00 bits per heavy atom. The van der Waals surface area contributed by atoms with Crippen LogP contribution in [-0.2, 0) is 4.79 Å². The first kappa shape index (κ1) is 14.4. The summed E-state index contributed by atoms with van der Waals surface area (Å²) in [6.45, 7) is 0. The molecule has 0 atom stereocenters. The minimum absolute atomic E-state index is 0.0975. The van der Waals surface area contributed by atoms with Crippen molar-refractivity contribution in [2.75, 3.05) is 11.1 Å². The van der Waals surface area contributed by atoms with Crippen molar-refractivity contribution >= 4 is 35.0 Å². The van der Waals surface area contributed by atoms with Crippen LogP contribution in [0.3, 0.4) is 0 Å². The van der Waals surface area contributed by atoms with Crippen LogP contribution in [0.25, 0.3) is 0 Å². The fourth-order valence-electron chi connectivity index (χ4n) is 1.53. The molecule has 0 spiro atoms. The maximum Gasteiger partial charge on any atom is 0.234 e. The van der Waals surface area contributed by atoms with Gasteiger partial charge in [-0.25, -0.2) is 0 Å². The Labute approximate surface area is 126 Å². The Kier molecular flexibility index (Phi) is 5.05. The molecule has 0 saturated carbocycles. The summed E-state index contributed by atoms with van der Waals surface area (Å²) in [4.78, 5) is 12.7. The molecular formula is C15H11ClN2OS. The van der Waals surface area contributed by atoms with Crippen LogP contribution in [0.5, 0.6) is 0 Å². The molecular weight excluding hydrogens is 292 g/mol. The molecule has 2 aromatic carbocycles. The second-order valence-corrected chi connectivity index (χ2v) is 5.47. The fourth-order valence-corrected chi connectivity index (χ4v) is 2.54. The number of amides is 1. The first-order valence-corrected chi connectivity index (χ1v) is 7.22. The van der Waals surface area contributed by atoms with Crippen molar-refractivity contribution < 1.29 is 4.79 Å². The number of carbonyl (C=O) groups is 1. The van der Waals surface area contributed by atoms with Gasteiger partial charge < -0.3 is 5.32 Å². The van der Waals surface area contributed by atoms with Crippen LogP contribution in [0.15, 0.2) is 53.4 Å². The predicted octanol–water partition coefficient (Wildman–Crippen LogP) is 3.94. The zero-order valence-corrected chi connectivity index (χ0v) is 12.0. The average Bonchev–Trinajstić information content (AvgIpc) is 2.46. The van der Waals surface area contributed by atoms with Crippen molar-refractivity contribution in [3.63, 3.8) is 0 Å². The van der Waals surface area contributed by atoms with Crippen LogP contribution in [0, 0.1) is 11.3 Å². The predicted molar refractivity (Wildman–Crippen MR) is 82.0 cm³/mol. The minimum atomic E-state index is -0.0975. The molecule has 1 N–H and O–H groups in total. The Hall–Kier alpha value is -1.96. The largest absolute Gasteiger partial charge is 0.325 e. The molecule has 20 heavy (non-hydrogen) atoms. The van der Waals surface area contributed by atoms with Crippen LogP contribution in [0.4, 0.5) is 5.69 Å². The van der Waals surface area contributed by atoms with Crippen LogP contribution in [0.1, 0.15) is 5.56 Å². The zero-order chi connectivity index (χ0) is 14.4. The maximum atomic E-state index is 11.8. The van der Waals surface area contributed by atoms with E-state index >= 15 is 0 Å². The van der Waals surface area contributed by atoms with E-state index in [-0.39, 0.29) is 5.91 Å². The summed E-state index contributed by atoms with van der Waals surface area (Å²) in [5.74, 6) is 0.208. The Balaban J connectivity index is 1.87. The van der Waals surface area contributed by atoms with E-state index in [1.807, 2.05) is 24.3 Å². The number of hydrogen-bond donors (Lipinski definition) is 1. The van der Waals surface area contributed by atoms with Crippen molar-refractivity contribution in [1.82, 2.24) is 0 Å². The summed E-state index contributed by atoms with van der Waals surface area (Å²) in [5, 5.41) is 12.1. The monoisotopic (exact) mass is 302 g/mol. The van der Waals surface area contributed by atoms with Gasteiger partial charge in [-0.05, 0) is 42.5 Å². The summed E-state index contributed by atoms with van der Waals surface area (Å²) in [7, 11) is 0. The summed E-state index contributed by atoms with van der Waals surface area (Å²) >= 11 is 7.30. The van der Waals surface area contributed by atoms with E-state index in [0.29, 0.717) is 22.0 Å². The third-order valence-electron chi connectivity index (χ3n) is 2.46. The Bertz CT molecular complexity index is 650. The summed E-state index contributed by atoms with van der Waals surface area (Å²) in [6.07, 6.45) is 0. The molecule has 5 heteroatoms.